The van der Waals surface area contributed by atoms with Gasteiger partial charge in [-0.25, -0.2) is 0 Å². The topological polar surface area (TPSA) is 77.9 Å². The highest BCUT2D eigenvalue weighted by molar-refractivity contribution is 7.80. The molecule has 0 bridgehead atoms. The molecule has 1 aliphatic carbocycles. The molecule has 126 valence electrons. The third kappa shape index (κ3) is 3.15. The lowest BCUT2D eigenvalue weighted by atomic mass is 9.85. The predicted octanol–water partition coefficient (Wildman–Crippen LogP) is 1.80. The van der Waals surface area contributed by atoms with E-state index in [2.05, 4.69) is 0 Å². The van der Waals surface area contributed by atoms with Crippen LogP contribution in [0.25, 0.3) is 0 Å². The maximum atomic E-state index is 12.7. The van der Waals surface area contributed by atoms with E-state index in [0.29, 0.717) is 25.9 Å². The summed E-state index contributed by atoms with van der Waals surface area (Å²) in [6.07, 6.45) is 1.06. The first kappa shape index (κ1) is 17.6. The zero-order valence-corrected chi connectivity index (χ0v) is 14.5. The van der Waals surface area contributed by atoms with Gasteiger partial charge in [-0.05, 0) is 51.7 Å². The van der Waals surface area contributed by atoms with E-state index >= 15 is 0 Å². The molecule has 0 radical (unpaired) electrons. The molecule has 2 aliphatic rings. The molecule has 1 aliphatic heterocycles. The van der Waals surface area contributed by atoms with E-state index in [1.54, 1.807) is 0 Å². The minimum atomic E-state index is -0.882. The molecule has 7 heteroatoms. The fraction of sp³-hybridized carbons (Fsp3) is 0.625. The van der Waals surface area contributed by atoms with E-state index in [1.165, 1.54) is 9.80 Å². The first-order valence-electron chi connectivity index (χ1n) is 7.87. The molecule has 2 rings (SSSR count). The Morgan fingerprint density at radius 3 is 2.13 bits per heavy atom. The summed E-state index contributed by atoms with van der Waals surface area (Å²) in [5, 5.41) is 9.26. The number of hydrogen-bond acceptors (Lipinski definition) is 4. The third-order valence-electron chi connectivity index (χ3n) is 4.67. The summed E-state index contributed by atoms with van der Waals surface area (Å²) in [5.74, 6) is -2.31. The summed E-state index contributed by atoms with van der Waals surface area (Å²) in [7, 11) is 0. The standard InChI is InChI=1S/C16H22N2O4S/c1-4-17-14(21)13(15(22)18(5-2)16(17)23)11-6-9(3)10(7-11)8-12(19)20/h11,13H,4-8H2,1-3H3,(H,19,20). The smallest absolute Gasteiger partial charge is 0.307 e. The highest BCUT2D eigenvalue weighted by atomic mass is 32.1. The number of carboxylic acids is 1. The Morgan fingerprint density at radius 1 is 1.17 bits per heavy atom. The van der Waals surface area contributed by atoms with Gasteiger partial charge in [0.15, 0.2) is 5.11 Å². The molecule has 1 N–H and O–H groups in total. The van der Waals surface area contributed by atoms with Crippen molar-refractivity contribution in [1.29, 1.82) is 0 Å². The van der Waals surface area contributed by atoms with Crippen LogP contribution in [0.3, 0.4) is 0 Å². The lowest BCUT2D eigenvalue weighted by Gasteiger charge is -2.40. The molecule has 0 spiro atoms. The van der Waals surface area contributed by atoms with Crippen molar-refractivity contribution in [3.05, 3.63) is 11.1 Å². The molecule has 0 aromatic rings. The summed E-state index contributed by atoms with van der Waals surface area (Å²) in [6, 6.07) is 0. The second-order valence-electron chi connectivity index (χ2n) is 6.05. The van der Waals surface area contributed by atoms with Crippen molar-refractivity contribution < 1.29 is 19.5 Å². The summed E-state index contributed by atoms with van der Waals surface area (Å²) < 4.78 is 0. The van der Waals surface area contributed by atoms with E-state index in [-0.39, 0.29) is 29.3 Å². The van der Waals surface area contributed by atoms with Crippen LogP contribution in [0.2, 0.25) is 0 Å². The highest BCUT2D eigenvalue weighted by Crippen LogP contribution is 2.40. The fourth-order valence-corrected chi connectivity index (χ4v) is 3.94. The zero-order chi connectivity index (χ0) is 17.3. The summed E-state index contributed by atoms with van der Waals surface area (Å²) in [6.45, 7) is 6.41. The first-order chi connectivity index (χ1) is 10.8. The predicted molar refractivity (Wildman–Crippen MR) is 88.5 cm³/mol. The van der Waals surface area contributed by atoms with Gasteiger partial charge in [-0.1, -0.05) is 11.1 Å². The van der Waals surface area contributed by atoms with Crippen molar-refractivity contribution in [2.24, 2.45) is 11.8 Å². The molecule has 1 unspecified atom stereocenters. The van der Waals surface area contributed by atoms with Gasteiger partial charge in [0.2, 0.25) is 11.8 Å². The number of thiocarbonyl (C=S) groups is 1. The molecule has 1 fully saturated rings. The number of carbonyl (C=O) groups is 3. The van der Waals surface area contributed by atoms with Crippen LogP contribution < -0.4 is 0 Å². The number of amides is 2. The van der Waals surface area contributed by atoms with Crippen molar-refractivity contribution >= 4 is 35.1 Å². The van der Waals surface area contributed by atoms with Gasteiger partial charge < -0.3 is 5.11 Å². The molecule has 1 saturated heterocycles. The maximum absolute atomic E-state index is 12.7. The lowest BCUT2D eigenvalue weighted by Crippen LogP contribution is -2.60. The summed E-state index contributed by atoms with van der Waals surface area (Å²) >= 11 is 5.25. The van der Waals surface area contributed by atoms with Crippen LogP contribution in [-0.2, 0) is 14.4 Å². The van der Waals surface area contributed by atoms with Crippen LogP contribution in [0.1, 0.15) is 40.0 Å². The van der Waals surface area contributed by atoms with Crippen molar-refractivity contribution in [3.8, 4) is 0 Å². The van der Waals surface area contributed by atoms with Gasteiger partial charge in [-0.2, -0.15) is 0 Å². The van der Waals surface area contributed by atoms with Crippen LogP contribution in [-0.4, -0.2) is 50.9 Å². The molecular weight excluding hydrogens is 316 g/mol. The second-order valence-corrected chi connectivity index (χ2v) is 6.41. The number of allylic oxidation sites excluding steroid dienone is 1. The summed E-state index contributed by atoms with van der Waals surface area (Å²) in [5.41, 5.74) is 1.82. The molecular formula is C16H22N2O4S. The van der Waals surface area contributed by atoms with Crippen molar-refractivity contribution in [2.45, 2.75) is 40.0 Å². The van der Waals surface area contributed by atoms with Crippen molar-refractivity contribution in [3.63, 3.8) is 0 Å². The van der Waals surface area contributed by atoms with E-state index in [9.17, 15) is 14.4 Å². The number of rotatable bonds is 5. The van der Waals surface area contributed by atoms with Gasteiger partial charge in [0.1, 0.15) is 5.92 Å². The van der Waals surface area contributed by atoms with Gasteiger partial charge >= 0.3 is 5.97 Å². The first-order valence-corrected chi connectivity index (χ1v) is 8.28. The molecule has 0 saturated carbocycles. The van der Waals surface area contributed by atoms with Gasteiger partial charge in [0, 0.05) is 13.1 Å². The molecule has 2 amide bonds. The average molecular weight is 338 g/mol. The SMILES string of the molecule is CCN1C(=O)C(C2CC(C)=C(CC(=O)O)C2)C(=O)N(CC)C1=S. The Morgan fingerprint density at radius 2 is 1.70 bits per heavy atom. The number of aliphatic carboxylic acids is 1. The maximum Gasteiger partial charge on any atom is 0.307 e. The largest absolute Gasteiger partial charge is 0.481 e. The minimum Gasteiger partial charge on any atom is -0.481 e. The third-order valence-corrected chi connectivity index (χ3v) is 5.12. The van der Waals surface area contributed by atoms with Gasteiger partial charge in [0.05, 0.1) is 6.42 Å². The lowest BCUT2D eigenvalue weighted by molar-refractivity contribution is -0.149. The molecule has 1 atom stereocenters. The number of hydrogen-bond donors (Lipinski definition) is 1. The Bertz CT molecular complexity index is 573. The van der Waals surface area contributed by atoms with Crippen LogP contribution in [0.4, 0.5) is 0 Å². The number of carbonyl (C=O) groups excluding carboxylic acids is 2. The Kier molecular flexibility index (Phi) is 5.19. The Labute approximate surface area is 141 Å². The van der Waals surface area contributed by atoms with Crippen LogP contribution >= 0.6 is 12.2 Å². The average Bonchev–Trinajstić information content (AvgIpc) is 2.79. The monoisotopic (exact) mass is 338 g/mol. The Hall–Kier alpha value is -1.76. The van der Waals surface area contributed by atoms with Crippen LogP contribution in [0.5, 0.6) is 0 Å². The van der Waals surface area contributed by atoms with Gasteiger partial charge in [0.25, 0.3) is 0 Å². The van der Waals surface area contributed by atoms with E-state index in [1.807, 2.05) is 20.8 Å². The minimum absolute atomic E-state index is 0.0230. The van der Waals surface area contributed by atoms with Gasteiger partial charge in [-0.3, -0.25) is 24.2 Å². The second kappa shape index (κ2) is 6.78. The van der Waals surface area contributed by atoms with Crippen LogP contribution in [0, 0.1) is 11.8 Å². The highest BCUT2D eigenvalue weighted by Gasteiger charge is 2.47. The quantitative estimate of drug-likeness (QED) is 0.470. The van der Waals surface area contributed by atoms with Crippen molar-refractivity contribution in [2.75, 3.05) is 13.1 Å². The number of carboxylic acid groups (broad SMARTS) is 1. The molecule has 23 heavy (non-hydrogen) atoms. The van der Waals surface area contributed by atoms with Crippen molar-refractivity contribution in [1.82, 2.24) is 9.80 Å². The molecule has 0 aromatic carbocycles. The normalized spacial score (nSPS) is 23.3. The molecule has 6 nitrogen and oxygen atoms in total. The molecule has 0 aromatic heterocycles. The number of nitrogens with zero attached hydrogens (tertiary/aromatic N) is 2. The van der Waals surface area contributed by atoms with Crippen LogP contribution in [0.15, 0.2) is 11.1 Å². The summed E-state index contributed by atoms with van der Waals surface area (Å²) in [4.78, 5) is 39.3. The Balaban J connectivity index is 2.25. The van der Waals surface area contributed by atoms with Gasteiger partial charge in [-0.15, -0.1) is 0 Å². The molecule has 1 heterocycles. The van der Waals surface area contributed by atoms with E-state index in [0.717, 1.165) is 11.1 Å². The zero-order valence-electron chi connectivity index (χ0n) is 13.7. The fourth-order valence-electron chi connectivity index (χ4n) is 3.50. The van der Waals surface area contributed by atoms with E-state index in [4.69, 9.17) is 17.3 Å². The van der Waals surface area contributed by atoms with E-state index < -0.39 is 11.9 Å².